The number of aromatic nitrogens is 3. The van der Waals surface area contributed by atoms with Crippen molar-refractivity contribution in [1.29, 1.82) is 0 Å². The molecular formula is C22H32N4O2. The topological polar surface area (TPSA) is 56.3 Å². The minimum absolute atomic E-state index is 0.110. The van der Waals surface area contributed by atoms with Crippen LogP contribution in [0.3, 0.4) is 0 Å². The summed E-state index contributed by atoms with van der Waals surface area (Å²) >= 11 is 0. The van der Waals surface area contributed by atoms with Crippen LogP contribution in [0.4, 0.5) is 0 Å². The van der Waals surface area contributed by atoms with Crippen molar-refractivity contribution in [3.8, 4) is 0 Å². The van der Waals surface area contributed by atoms with Gasteiger partial charge in [0.2, 0.25) is 5.89 Å². The molecule has 0 spiro atoms. The van der Waals surface area contributed by atoms with Gasteiger partial charge in [-0.15, -0.1) is 0 Å². The van der Waals surface area contributed by atoms with Gasteiger partial charge < -0.3 is 13.8 Å². The monoisotopic (exact) mass is 384 g/mol. The lowest BCUT2D eigenvalue weighted by Gasteiger charge is -2.40. The fourth-order valence-electron chi connectivity index (χ4n) is 4.98. The van der Waals surface area contributed by atoms with Crippen molar-refractivity contribution in [2.45, 2.75) is 62.8 Å². The molecule has 4 heterocycles. The first kappa shape index (κ1) is 18.4. The fraction of sp³-hybridized carbons (Fsp3) is 0.727. The standard InChI is InChI=1S/C22H32N4O2/c1-25-10-2-3-19(25)16-26-11-8-22(9-12-26,15-17-4-5-17)21-23-20(28-24-21)18-6-13-27-14-7-18/h2-3,10,17-18H,4-9,11-16H2,1H3. The van der Waals surface area contributed by atoms with E-state index in [2.05, 4.69) is 40.0 Å². The van der Waals surface area contributed by atoms with Crippen molar-refractivity contribution in [3.63, 3.8) is 0 Å². The summed E-state index contributed by atoms with van der Waals surface area (Å²) in [5.41, 5.74) is 1.50. The maximum atomic E-state index is 5.78. The summed E-state index contributed by atoms with van der Waals surface area (Å²) in [6.45, 7) is 4.87. The molecule has 0 aromatic carbocycles. The summed E-state index contributed by atoms with van der Waals surface area (Å²) in [6, 6.07) is 4.36. The van der Waals surface area contributed by atoms with Crippen molar-refractivity contribution < 1.29 is 9.26 Å². The van der Waals surface area contributed by atoms with E-state index in [0.29, 0.717) is 5.92 Å². The second-order valence-corrected chi connectivity index (χ2v) is 9.16. The van der Waals surface area contributed by atoms with Crippen LogP contribution in [0.5, 0.6) is 0 Å². The van der Waals surface area contributed by atoms with Crippen LogP contribution in [0.25, 0.3) is 0 Å². The number of aryl methyl sites for hydroxylation is 1. The maximum absolute atomic E-state index is 5.78. The molecule has 0 unspecified atom stereocenters. The molecule has 2 aromatic heterocycles. The number of ether oxygens (including phenoxy) is 1. The molecule has 0 amide bonds. The van der Waals surface area contributed by atoms with Gasteiger partial charge >= 0.3 is 0 Å². The van der Waals surface area contributed by atoms with Gasteiger partial charge in [-0.1, -0.05) is 18.0 Å². The zero-order valence-corrected chi connectivity index (χ0v) is 17.0. The van der Waals surface area contributed by atoms with Gasteiger partial charge in [-0.25, -0.2) is 0 Å². The molecular weight excluding hydrogens is 352 g/mol. The van der Waals surface area contributed by atoms with Gasteiger partial charge in [0.1, 0.15) is 0 Å². The highest BCUT2D eigenvalue weighted by molar-refractivity contribution is 5.13. The van der Waals surface area contributed by atoms with Gasteiger partial charge in [-0.05, 0) is 63.2 Å². The van der Waals surface area contributed by atoms with E-state index < -0.39 is 0 Å². The first-order valence-electron chi connectivity index (χ1n) is 11.0. The number of hydrogen-bond donors (Lipinski definition) is 0. The Morgan fingerprint density at radius 1 is 1.14 bits per heavy atom. The maximum Gasteiger partial charge on any atom is 0.229 e. The van der Waals surface area contributed by atoms with Crippen LogP contribution < -0.4 is 0 Å². The number of hydrogen-bond acceptors (Lipinski definition) is 5. The quantitative estimate of drug-likeness (QED) is 0.761. The third-order valence-corrected chi connectivity index (χ3v) is 7.11. The average molecular weight is 385 g/mol. The van der Waals surface area contributed by atoms with E-state index in [-0.39, 0.29) is 5.41 Å². The SMILES string of the molecule is Cn1cccc1CN1CCC(CC2CC2)(c2noc(C3CCOCC3)n2)CC1. The van der Waals surface area contributed by atoms with Crippen molar-refractivity contribution in [3.05, 3.63) is 35.7 Å². The first-order chi connectivity index (χ1) is 13.7. The predicted molar refractivity (Wildman–Crippen MR) is 106 cm³/mol. The summed E-state index contributed by atoms with van der Waals surface area (Å²) in [5.74, 6) is 3.08. The zero-order chi connectivity index (χ0) is 19.0. The van der Waals surface area contributed by atoms with Crippen molar-refractivity contribution in [2.75, 3.05) is 26.3 Å². The number of piperidine rings is 1. The second kappa shape index (κ2) is 7.64. The number of likely N-dealkylation sites (tertiary alicyclic amines) is 1. The smallest absolute Gasteiger partial charge is 0.229 e. The molecule has 1 aliphatic carbocycles. The molecule has 5 rings (SSSR count). The Hall–Kier alpha value is -1.66. The molecule has 6 heteroatoms. The van der Waals surface area contributed by atoms with Gasteiger partial charge in [-0.3, -0.25) is 4.90 Å². The van der Waals surface area contributed by atoms with E-state index in [1.807, 2.05) is 0 Å². The fourth-order valence-corrected chi connectivity index (χ4v) is 4.98. The third-order valence-electron chi connectivity index (χ3n) is 7.11. The van der Waals surface area contributed by atoms with E-state index in [0.717, 1.165) is 76.2 Å². The largest absolute Gasteiger partial charge is 0.381 e. The molecule has 2 aromatic rings. The summed E-state index contributed by atoms with van der Waals surface area (Å²) in [6.07, 6.45) is 10.4. The van der Waals surface area contributed by atoms with Gasteiger partial charge in [0.15, 0.2) is 5.82 Å². The Kier molecular flexibility index (Phi) is 5.01. The minimum Gasteiger partial charge on any atom is -0.381 e. The van der Waals surface area contributed by atoms with Gasteiger partial charge in [-0.2, -0.15) is 4.98 Å². The minimum atomic E-state index is 0.110. The lowest BCUT2D eigenvalue weighted by atomic mass is 9.73. The molecule has 2 saturated heterocycles. The van der Waals surface area contributed by atoms with Gasteiger partial charge in [0, 0.05) is 50.0 Å². The molecule has 3 fully saturated rings. The highest BCUT2D eigenvalue weighted by atomic mass is 16.5. The highest BCUT2D eigenvalue weighted by Gasteiger charge is 2.44. The van der Waals surface area contributed by atoms with Gasteiger partial charge in [0.05, 0.1) is 0 Å². The molecule has 0 radical (unpaired) electrons. The Balaban J connectivity index is 1.30. The normalized spacial score (nSPS) is 23.9. The summed E-state index contributed by atoms with van der Waals surface area (Å²) in [7, 11) is 2.13. The molecule has 28 heavy (non-hydrogen) atoms. The van der Waals surface area contributed by atoms with Crippen molar-refractivity contribution in [1.82, 2.24) is 19.6 Å². The van der Waals surface area contributed by atoms with Crippen LogP contribution in [-0.4, -0.2) is 45.9 Å². The molecule has 1 saturated carbocycles. The molecule has 0 N–H and O–H groups in total. The van der Waals surface area contributed by atoms with Crippen molar-refractivity contribution >= 4 is 0 Å². The lowest BCUT2D eigenvalue weighted by molar-refractivity contribution is 0.0778. The molecule has 6 nitrogen and oxygen atoms in total. The van der Waals surface area contributed by atoms with E-state index in [1.165, 1.54) is 25.0 Å². The number of nitrogens with zero attached hydrogens (tertiary/aromatic N) is 4. The van der Waals surface area contributed by atoms with Crippen LogP contribution in [0.15, 0.2) is 22.9 Å². The number of rotatable bonds is 6. The van der Waals surface area contributed by atoms with Crippen LogP contribution >= 0.6 is 0 Å². The highest BCUT2D eigenvalue weighted by Crippen LogP contribution is 2.47. The Bertz CT molecular complexity index is 780. The predicted octanol–water partition coefficient (Wildman–Crippen LogP) is 3.64. The van der Waals surface area contributed by atoms with Crippen LogP contribution in [-0.2, 0) is 23.7 Å². The van der Waals surface area contributed by atoms with E-state index in [9.17, 15) is 0 Å². The molecule has 2 aliphatic heterocycles. The second-order valence-electron chi connectivity index (χ2n) is 9.16. The molecule has 0 bridgehead atoms. The molecule has 152 valence electrons. The van der Waals surface area contributed by atoms with E-state index in [4.69, 9.17) is 14.2 Å². The van der Waals surface area contributed by atoms with Crippen molar-refractivity contribution in [2.24, 2.45) is 13.0 Å². The zero-order valence-electron chi connectivity index (χ0n) is 17.0. The van der Waals surface area contributed by atoms with E-state index >= 15 is 0 Å². The molecule has 0 atom stereocenters. The third kappa shape index (κ3) is 3.77. The van der Waals surface area contributed by atoms with Crippen LogP contribution in [0.1, 0.15) is 68.3 Å². The summed E-state index contributed by atoms with van der Waals surface area (Å²) in [5, 5.41) is 4.53. The Morgan fingerprint density at radius 2 is 1.93 bits per heavy atom. The Morgan fingerprint density at radius 3 is 2.61 bits per heavy atom. The average Bonchev–Trinajstić information content (AvgIpc) is 3.23. The molecule has 3 aliphatic rings. The lowest BCUT2D eigenvalue weighted by Crippen LogP contribution is -2.43. The van der Waals surface area contributed by atoms with Crippen LogP contribution in [0.2, 0.25) is 0 Å². The first-order valence-corrected chi connectivity index (χ1v) is 11.0. The summed E-state index contributed by atoms with van der Waals surface area (Å²) < 4.78 is 13.5. The van der Waals surface area contributed by atoms with Crippen LogP contribution in [0, 0.1) is 5.92 Å². The van der Waals surface area contributed by atoms with Gasteiger partial charge in [0.25, 0.3) is 0 Å². The van der Waals surface area contributed by atoms with E-state index in [1.54, 1.807) is 0 Å². The Labute approximate surface area is 167 Å². The summed E-state index contributed by atoms with van der Waals surface area (Å²) in [4.78, 5) is 7.55.